The van der Waals surface area contributed by atoms with Crippen molar-refractivity contribution in [3.05, 3.63) is 35.4 Å². The van der Waals surface area contributed by atoms with Crippen LogP contribution in [0.1, 0.15) is 17.5 Å². The Morgan fingerprint density at radius 1 is 1.05 bits per heavy atom. The molecule has 0 bridgehead atoms. The highest BCUT2D eigenvalue weighted by atomic mass is 15.1. The Balaban J connectivity index is 2.09. The number of hydrogen-bond donors (Lipinski definition) is 1. The zero-order chi connectivity index (χ0) is 14.1. The second kappa shape index (κ2) is 9.08. The average molecular weight is 263 g/mol. The van der Waals surface area contributed by atoms with Crippen molar-refractivity contribution >= 4 is 0 Å². The molecule has 0 fully saturated rings. The molecule has 0 saturated carbocycles. The van der Waals surface area contributed by atoms with Gasteiger partial charge in [-0.25, -0.2) is 0 Å². The first-order valence-electron chi connectivity index (χ1n) is 7.17. The second-order valence-electron chi connectivity index (χ2n) is 5.63. The van der Waals surface area contributed by atoms with E-state index in [1.54, 1.807) is 0 Å². The minimum absolute atomic E-state index is 1.03. The number of nitrogens with zero attached hydrogens (tertiary/aromatic N) is 2. The van der Waals surface area contributed by atoms with E-state index in [0.29, 0.717) is 0 Å². The first-order chi connectivity index (χ1) is 9.08. The SMILES string of the molecule is Cc1cccc(CN(C)CCNCCCN(C)C)c1. The van der Waals surface area contributed by atoms with Crippen LogP contribution in [0.5, 0.6) is 0 Å². The fourth-order valence-corrected chi connectivity index (χ4v) is 2.12. The smallest absolute Gasteiger partial charge is 0.0231 e. The molecule has 0 aromatic heterocycles. The fourth-order valence-electron chi connectivity index (χ4n) is 2.12. The number of nitrogens with one attached hydrogen (secondary N) is 1. The van der Waals surface area contributed by atoms with Gasteiger partial charge in [-0.15, -0.1) is 0 Å². The number of hydrogen-bond acceptors (Lipinski definition) is 3. The molecule has 0 saturated heterocycles. The quantitative estimate of drug-likeness (QED) is 0.687. The molecule has 108 valence electrons. The van der Waals surface area contributed by atoms with Crippen molar-refractivity contribution in [3.63, 3.8) is 0 Å². The number of benzene rings is 1. The molecule has 1 aromatic carbocycles. The Bertz CT molecular complexity index is 350. The Labute approximate surface area is 118 Å². The van der Waals surface area contributed by atoms with Gasteiger partial charge < -0.3 is 15.1 Å². The molecule has 0 spiro atoms. The van der Waals surface area contributed by atoms with Gasteiger partial charge in [-0.1, -0.05) is 29.8 Å². The molecule has 1 aromatic rings. The largest absolute Gasteiger partial charge is 0.315 e. The highest BCUT2D eigenvalue weighted by Crippen LogP contribution is 2.05. The second-order valence-corrected chi connectivity index (χ2v) is 5.63. The van der Waals surface area contributed by atoms with Crippen molar-refractivity contribution in [2.45, 2.75) is 19.9 Å². The number of rotatable bonds is 9. The molecule has 0 atom stereocenters. The molecule has 0 aliphatic rings. The molecular weight excluding hydrogens is 234 g/mol. The van der Waals surface area contributed by atoms with Crippen LogP contribution in [-0.4, -0.2) is 57.1 Å². The molecule has 0 aliphatic carbocycles. The molecular formula is C16H29N3. The molecule has 0 heterocycles. The Kier molecular flexibility index (Phi) is 7.72. The summed E-state index contributed by atoms with van der Waals surface area (Å²) in [6.45, 7) is 7.60. The maximum atomic E-state index is 3.50. The predicted molar refractivity (Wildman–Crippen MR) is 83.6 cm³/mol. The molecule has 1 rings (SSSR count). The number of aryl methyl sites for hydroxylation is 1. The number of likely N-dealkylation sites (N-methyl/N-ethyl adjacent to an activating group) is 1. The van der Waals surface area contributed by atoms with E-state index in [-0.39, 0.29) is 0 Å². The summed E-state index contributed by atoms with van der Waals surface area (Å²) >= 11 is 0. The van der Waals surface area contributed by atoms with Crippen molar-refractivity contribution in [2.24, 2.45) is 0 Å². The van der Waals surface area contributed by atoms with Crippen LogP contribution in [0.15, 0.2) is 24.3 Å². The van der Waals surface area contributed by atoms with Crippen LogP contribution in [0, 0.1) is 6.92 Å². The lowest BCUT2D eigenvalue weighted by molar-refractivity contribution is 0.321. The zero-order valence-electron chi connectivity index (χ0n) is 12.9. The Morgan fingerprint density at radius 2 is 1.84 bits per heavy atom. The summed E-state index contributed by atoms with van der Waals surface area (Å²) < 4.78 is 0. The fraction of sp³-hybridized carbons (Fsp3) is 0.625. The van der Waals surface area contributed by atoms with Gasteiger partial charge in [0, 0.05) is 19.6 Å². The maximum Gasteiger partial charge on any atom is 0.0231 e. The molecule has 0 unspecified atom stereocenters. The monoisotopic (exact) mass is 263 g/mol. The van der Waals surface area contributed by atoms with E-state index in [1.807, 2.05) is 0 Å². The summed E-state index contributed by atoms with van der Waals surface area (Å²) in [5.74, 6) is 0. The third-order valence-electron chi connectivity index (χ3n) is 3.16. The minimum Gasteiger partial charge on any atom is -0.315 e. The molecule has 0 radical (unpaired) electrons. The van der Waals surface area contributed by atoms with Gasteiger partial charge in [0.25, 0.3) is 0 Å². The van der Waals surface area contributed by atoms with Crippen LogP contribution in [0.25, 0.3) is 0 Å². The van der Waals surface area contributed by atoms with E-state index in [9.17, 15) is 0 Å². The van der Waals surface area contributed by atoms with Gasteiger partial charge in [-0.3, -0.25) is 0 Å². The molecule has 3 heteroatoms. The summed E-state index contributed by atoms with van der Waals surface area (Å²) in [5, 5.41) is 3.50. The van der Waals surface area contributed by atoms with Gasteiger partial charge in [-0.2, -0.15) is 0 Å². The highest BCUT2D eigenvalue weighted by Gasteiger charge is 2.00. The van der Waals surface area contributed by atoms with E-state index >= 15 is 0 Å². The normalized spacial score (nSPS) is 11.5. The lowest BCUT2D eigenvalue weighted by Crippen LogP contribution is -2.30. The summed E-state index contributed by atoms with van der Waals surface area (Å²) in [7, 11) is 6.43. The van der Waals surface area contributed by atoms with Crippen molar-refractivity contribution in [1.82, 2.24) is 15.1 Å². The van der Waals surface area contributed by atoms with Gasteiger partial charge in [0.05, 0.1) is 0 Å². The van der Waals surface area contributed by atoms with Crippen LogP contribution in [0.3, 0.4) is 0 Å². The van der Waals surface area contributed by atoms with E-state index in [0.717, 1.165) is 32.7 Å². The summed E-state index contributed by atoms with van der Waals surface area (Å²) in [6, 6.07) is 8.75. The van der Waals surface area contributed by atoms with Gasteiger partial charge in [0.2, 0.25) is 0 Å². The lowest BCUT2D eigenvalue weighted by Gasteiger charge is -2.17. The predicted octanol–water partition coefficient (Wildman–Crippen LogP) is 1.97. The van der Waals surface area contributed by atoms with Gasteiger partial charge in [-0.05, 0) is 53.1 Å². The Hall–Kier alpha value is -0.900. The Morgan fingerprint density at radius 3 is 2.53 bits per heavy atom. The van der Waals surface area contributed by atoms with E-state index < -0.39 is 0 Å². The van der Waals surface area contributed by atoms with Gasteiger partial charge in [0.15, 0.2) is 0 Å². The topological polar surface area (TPSA) is 18.5 Å². The third kappa shape index (κ3) is 7.98. The van der Waals surface area contributed by atoms with Crippen molar-refractivity contribution in [1.29, 1.82) is 0 Å². The molecule has 3 nitrogen and oxygen atoms in total. The molecule has 0 amide bonds. The maximum absolute atomic E-state index is 3.50. The van der Waals surface area contributed by atoms with Crippen molar-refractivity contribution in [3.8, 4) is 0 Å². The average Bonchev–Trinajstić information content (AvgIpc) is 2.33. The zero-order valence-corrected chi connectivity index (χ0v) is 12.9. The first kappa shape index (κ1) is 16.2. The van der Waals surface area contributed by atoms with E-state index in [2.05, 4.69) is 67.4 Å². The van der Waals surface area contributed by atoms with Crippen LogP contribution in [0.2, 0.25) is 0 Å². The molecule has 1 N–H and O–H groups in total. The lowest BCUT2D eigenvalue weighted by atomic mass is 10.1. The summed E-state index contributed by atoms with van der Waals surface area (Å²) in [4.78, 5) is 4.60. The molecule has 19 heavy (non-hydrogen) atoms. The van der Waals surface area contributed by atoms with Crippen LogP contribution in [-0.2, 0) is 6.54 Å². The van der Waals surface area contributed by atoms with Crippen LogP contribution >= 0.6 is 0 Å². The van der Waals surface area contributed by atoms with Crippen molar-refractivity contribution in [2.75, 3.05) is 47.3 Å². The third-order valence-corrected chi connectivity index (χ3v) is 3.16. The van der Waals surface area contributed by atoms with E-state index in [1.165, 1.54) is 17.5 Å². The van der Waals surface area contributed by atoms with Crippen LogP contribution < -0.4 is 5.32 Å². The van der Waals surface area contributed by atoms with E-state index in [4.69, 9.17) is 0 Å². The van der Waals surface area contributed by atoms with Gasteiger partial charge in [0.1, 0.15) is 0 Å². The summed E-state index contributed by atoms with van der Waals surface area (Å²) in [5.41, 5.74) is 2.74. The standard InChI is InChI=1S/C16H29N3/c1-15-7-5-8-16(13-15)14-19(4)12-10-17-9-6-11-18(2)3/h5,7-8,13,17H,6,9-12,14H2,1-4H3. The van der Waals surface area contributed by atoms with Crippen molar-refractivity contribution < 1.29 is 0 Å². The first-order valence-corrected chi connectivity index (χ1v) is 7.17. The minimum atomic E-state index is 1.03. The molecule has 0 aliphatic heterocycles. The summed E-state index contributed by atoms with van der Waals surface area (Å²) in [6.07, 6.45) is 1.22. The van der Waals surface area contributed by atoms with Gasteiger partial charge >= 0.3 is 0 Å². The highest BCUT2D eigenvalue weighted by molar-refractivity contribution is 5.21. The van der Waals surface area contributed by atoms with Crippen LogP contribution in [0.4, 0.5) is 0 Å².